The van der Waals surface area contributed by atoms with Crippen molar-refractivity contribution in [2.75, 3.05) is 14.2 Å². The Hall–Kier alpha value is -5.64. The van der Waals surface area contributed by atoms with Gasteiger partial charge >= 0.3 is 0 Å². The van der Waals surface area contributed by atoms with Crippen LogP contribution in [-0.2, 0) is 6.42 Å². The predicted octanol–water partition coefficient (Wildman–Crippen LogP) is 4.69. The quantitative estimate of drug-likeness (QED) is 0.135. The largest absolute Gasteiger partial charge is 0.508 e. The van der Waals surface area contributed by atoms with Gasteiger partial charge in [-0.15, -0.1) is 0 Å². The van der Waals surface area contributed by atoms with Crippen molar-refractivity contribution in [1.29, 1.82) is 0 Å². The highest BCUT2D eigenvalue weighted by Crippen LogP contribution is 2.55. The fraction of sp³-hybridized carbons (Fsp3) is 0.125. The minimum atomic E-state index is -1.23. The molecule has 0 aliphatic heterocycles. The van der Waals surface area contributed by atoms with Crippen molar-refractivity contribution in [2.45, 2.75) is 12.3 Å². The topological polar surface area (TPSA) is 174 Å². The zero-order valence-corrected chi connectivity index (χ0v) is 22.5. The molecule has 10 nitrogen and oxygen atoms in total. The zero-order valence-electron chi connectivity index (χ0n) is 22.5. The van der Waals surface area contributed by atoms with Crippen molar-refractivity contribution in [2.24, 2.45) is 0 Å². The van der Waals surface area contributed by atoms with Gasteiger partial charge in [0, 0.05) is 45.7 Å². The molecule has 5 rings (SSSR count). The van der Waals surface area contributed by atoms with E-state index in [1.54, 1.807) is 0 Å². The average Bonchev–Trinajstić information content (AvgIpc) is 2.98. The van der Waals surface area contributed by atoms with Crippen LogP contribution in [-0.4, -0.2) is 56.4 Å². The van der Waals surface area contributed by atoms with Crippen LogP contribution in [0.1, 0.15) is 43.3 Å². The summed E-state index contributed by atoms with van der Waals surface area (Å²) in [7, 11) is 2.51. The third-order valence-electron chi connectivity index (χ3n) is 7.27. The fourth-order valence-electron chi connectivity index (χ4n) is 5.33. The van der Waals surface area contributed by atoms with Crippen LogP contribution in [0.2, 0.25) is 0 Å². The van der Waals surface area contributed by atoms with Gasteiger partial charge in [-0.25, -0.2) is 0 Å². The highest BCUT2D eigenvalue weighted by atomic mass is 16.5. The Labute approximate surface area is 239 Å². The van der Waals surface area contributed by atoms with Crippen LogP contribution in [0.4, 0.5) is 0 Å². The molecule has 0 radical (unpaired) electrons. The first-order valence-electron chi connectivity index (χ1n) is 12.7. The maximum absolute atomic E-state index is 14.4. The third kappa shape index (κ3) is 4.58. The fourth-order valence-corrected chi connectivity index (χ4v) is 5.33. The summed E-state index contributed by atoms with van der Waals surface area (Å²) >= 11 is 0. The molecule has 214 valence electrons. The number of benzene rings is 4. The minimum Gasteiger partial charge on any atom is -0.508 e. The number of phenols is 6. The SMILES string of the molecule is COc1c([C@@H]2C(C(=O)c3ccc(O)cc3)=C(C(=O)c3ccc(O)cc3)Cc3cc(O)c(O)c(OC)c32)ccc(O)c1O. The lowest BCUT2D eigenvalue weighted by atomic mass is 9.70. The summed E-state index contributed by atoms with van der Waals surface area (Å²) in [5.41, 5.74) is 0.964. The van der Waals surface area contributed by atoms with Gasteiger partial charge in [-0.2, -0.15) is 0 Å². The Balaban J connectivity index is 1.91. The van der Waals surface area contributed by atoms with Crippen molar-refractivity contribution < 1.29 is 49.7 Å². The summed E-state index contributed by atoms with van der Waals surface area (Å²) in [6.45, 7) is 0. The number of rotatable bonds is 7. The molecule has 4 aromatic carbocycles. The van der Waals surface area contributed by atoms with E-state index >= 15 is 0 Å². The molecule has 0 saturated heterocycles. The lowest BCUT2D eigenvalue weighted by Gasteiger charge is -2.33. The van der Waals surface area contributed by atoms with Crippen molar-refractivity contribution in [1.82, 2.24) is 0 Å². The van der Waals surface area contributed by atoms with Gasteiger partial charge in [0.15, 0.2) is 34.6 Å². The average molecular weight is 571 g/mol. The van der Waals surface area contributed by atoms with Crippen LogP contribution >= 0.6 is 0 Å². The number of carbonyl (C=O) groups is 2. The van der Waals surface area contributed by atoms with E-state index < -0.39 is 40.5 Å². The van der Waals surface area contributed by atoms with Crippen molar-refractivity contribution >= 4 is 11.6 Å². The van der Waals surface area contributed by atoms with Gasteiger partial charge < -0.3 is 40.1 Å². The van der Waals surface area contributed by atoms with Crippen LogP contribution < -0.4 is 9.47 Å². The summed E-state index contributed by atoms with van der Waals surface area (Å²) in [5, 5.41) is 61.9. The second-order valence-electron chi connectivity index (χ2n) is 9.66. The number of hydrogen-bond donors (Lipinski definition) is 6. The van der Waals surface area contributed by atoms with Gasteiger partial charge in [0.25, 0.3) is 0 Å². The summed E-state index contributed by atoms with van der Waals surface area (Å²) in [6.07, 6.45) is -0.165. The number of phenolic OH excluding ortho intramolecular Hbond substituents is 6. The van der Waals surface area contributed by atoms with Gasteiger partial charge in [0.1, 0.15) is 11.5 Å². The van der Waals surface area contributed by atoms with Crippen LogP contribution in [0.5, 0.6) is 46.0 Å². The highest BCUT2D eigenvalue weighted by Gasteiger charge is 2.41. The molecule has 10 heteroatoms. The molecule has 0 unspecified atom stereocenters. The van der Waals surface area contributed by atoms with Crippen LogP contribution in [0, 0.1) is 0 Å². The molecule has 0 saturated carbocycles. The molecule has 0 bridgehead atoms. The molecule has 42 heavy (non-hydrogen) atoms. The van der Waals surface area contributed by atoms with E-state index in [1.807, 2.05) is 0 Å². The number of fused-ring (bicyclic) bond motifs is 1. The number of Topliss-reactive ketones (excluding diaryl/α,β-unsaturated/α-hetero) is 2. The molecular weight excluding hydrogens is 544 g/mol. The predicted molar refractivity (Wildman–Crippen MR) is 150 cm³/mol. The Morgan fingerprint density at radius 2 is 1.19 bits per heavy atom. The molecule has 1 atom stereocenters. The maximum Gasteiger partial charge on any atom is 0.200 e. The number of aromatic hydroxyl groups is 6. The first-order chi connectivity index (χ1) is 20.1. The molecular formula is C32H26O10. The van der Waals surface area contributed by atoms with E-state index in [0.717, 1.165) is 0 Å². The van der Waals surface area contributed by atoms with Gasteiger partial charge in [-0.3, -0.25) is 9.59 Å². The number of allylic oxidation sites excluding steroid dienone is 2. The summed E-state index contributed by atoms with van der Waals surface area (Å²) in [4.78, 5) is 28.5. The molecule has 0 fully saturated rings. The van der Waals surface area contributed by atoms with E-state index in [4.69, 9.17) is 9.47 Å². The van der Waals surface area contributed by atoms with E-state index in [-0.39, 0.29) is 62.8 Å². The number of hydrogen-bond acceptors (Lipinski definition) is 10. The highest BCUT2D eigenvalue weighted by molar-refractivity contribution is 6.19. The second-order valence-corrected chi connectivity index (χ2v) is 9.66. The molecule has 4 aromatic rings. The molecule has 0 aromatic heterocycles. The van der Waals surface area contributed by atoms with Crippen molar-refractivity contribution in [3.8, 4) is 46.0 Å². The summed E-state index contributed by atoms with van der Waals surface area (Å²) < 4.78 is 11.0. The maximum atomic E-state index is 14.4. The Bertz CT molecular complexity index is 1750. The normalized spacial score (nSPS) is 14.3. The Morgan fingerprint density at radius 3 is 1.74 bits per heavy atom. The first-order valence-corrected chi connectivity index (χ1v) is 12.7. The third-order valence-corrected chi connectivity index (χ3v) is 7.27. The van der Waals surface area contributed by atoms with Crippen molar-refractivity contribution in [3.63, 3.8) is 0 Å². The first kappa shape index (κ1) is 27.9. The summed E-state index contributed by atoms with van der Waals surface area (Å²) in [5.74, 6) is -5.16. The molecule has 6 N–H and O–H groups in total. The number of methoxy groups -OCH3 is 2. The second kappa shape index (κ2) is 10.7. The minimum absolute atomic E-state index is 0.0259. The molecule has 1 aliphatic rings. The number of ether oxygens (including phenoxy) is 2. The van der Waals surface area contributed by atoms with Crippen LogP contribution in [0.25, 0.3) is 0 Å². The number of ketones is 2. The van der Waals surface area contributed by atoms with Gasteiger partial charge in [-0.05, 0) is 66.2 Å². The van der Waals surface area contributed by atoms with Crippen LogP contribution in [0.15, 0.2) is 77.9 Å². The smallest absolute Gasteiger partial charge is 0.200 e. The zero-order chi connectivity index (χ0) is 30.3. The van der Waals surface area contributed by atoms with Gasteiger partial charge in [0.05, 0.1) is 14.2 Å². The van der Waals surface area contributed by atoms with E-state index in [9.17, 15) is 40.2 Å². The van der Waals surface area contributed by atoms with Gasteiger partial charge in [-0.1, -0.05) is 6.07 Å². The molecule has 0 spiro atoms. The number of carbonyl (C=O) groups excluding carboxylic acids is 2. The Kier molecular flexibility index (Phi) is 7.13. The lowest BCUT2D eigenvalue weighted by Crippen LogP contribution is -2.26. The molecule has 0 amide bonds. The molecule has 0 heterocycles. The van der Waals surface area contributed by atoms with Crippen LogP contribution in [0.3, 0.4) is 0 Å². The van der Waals surface area contributed by atoms with E-state index in [2.05, 4.69) is 0 Å². The summed E-state index contributed by atoms with van der Waals surface area (Å²) in [6, 6.07) is 14.7. The van der Waals surface area contributed by atoms with Crippen molar-refractivity contribution in [3.05, 3.63) is 106 Å². The van der Waals surface area contributed by atoms with E-state index in [0.29, 0.717) is 5.56 Å². The monoisotopic (exact) mass is 570 g/mol. The van der Waals surface area contributed by atoms with Gasteiger partial charge in [0.2, 0.25) is 11.5 Å². The lowest BCUT2D eigenvalue weighted by molar-refractivity contribution is 0.0991. The molecule has 1 aliphatic carbocycles. The standard InChI is InChI=1S/C32H26O10/c1-41-31-20(11-12-22(35)29(31)39)25-24-17(14-23(36)30(40)32(24)42-2)13-21(27(37)15-3-7-18(33)8-4-15)26(25)28(38)16-5-9-19(34)10-6-16/h3-12,14,25,33-36,39-40H,13H2,1-2H3/t25-/m0/s1. The Morgan fingerprint density at radius 1 is 0.667 bits per heavy atom. The van der Waals surface area contributed by atoms with E-state index in [1.165, 1.54) is 80.9 Å².